The second kappa shape index (κ2) is 6.14. The molecule has 0 radical (unpaired) electrons. The average Bonchev–Trinajstić information content (AvgIpc) is 3.50. The van der Waals surface area contributed by atoms with Gasteiger partial charge in [0, 0.05) is 24.2 Å². The summed E-state index contributed by atoms with van der Waals surface area (Å²) in [6.45, 7) is 4.48. The van der Waals surface area contributed by atoms with E-state index in [9.17, 15) is 10.2 Å². The molecule has 30 heavy (non-hydrogen) atoms. The largest absolute Gasteiger partial charge is 0.504 e. The third-order valence-electron chi connectivity index (χ3n) is 9.59. The van der Waals surface area contributed by atoms with Gasteiger partial charge in [0.05, 0.1) is 11.0 Å². The molecule has 1 unspecified atom stereocenters. The number of ether oxygens (including phenoxy) is 1. The van der Waals surface area contributed by atoms with Crippen LogP contribution in [0.3, 0.4) is 0 Å². The Morgan fingerprint density at radius 2 is 1.87 bits per heavy atom. The predicted molar refractivity (Wildman–Crippen MR) is 114 cm³/mol. The zero-order chi connectivity index (χ0) is 20.1. The number of benzene rings is 1. The summed E-state index contributed by atoms with van der Waals surface area (Å²) in [7, 11) is 0. The Bertz CT molecular complexity index is 879. The van der Waals surface area contributed by atoms with E-state index in [1.165, 1.54) is 43.2 Å². The van der Waals surface area contributed by atoms with E-state index in [2.05, 4.69) is 15.9 Å². The quantitative estimate of drug-likeness (QED) is 0.803. The van der Waals surface area contributed by atoms with Gasteiger partial charge < -0.3 is 14.9 Å². The molecule has 1 spiro atoms. The third-order valence-corrected chi connectivity index (χ3v) is 9.59. The first-order valence-electron chi connectivity index (χ1n) is 12.3. The lowest BCUT2D eigenvalue weighted by Crippen LogP contribution is -2.78. The summed E-state index contributed by atoms with van der Waals surface area (Å²) in [6.07, 6.45) is 10.2. The van der Waals surface area contributed by atoms with Gasteiger partial charge in [-0.3, -0.25) is 9.80 Å². The van der Waals surface area contributed by atoms with E-state index in [0.717, 1.165) is 57.8 Å². The van der Waals surface area contributed by atoms with Crippen molar-refractivity contribution >= 4 is 0 Å². The van der Waals surface area contributed by atoms with E-state index in [-0.39, 0.29) is 23.3 Å². The van der Waals surface area contributed by atoms with Crippen LogP contribution in [-0.4, -0.2) is 70.0 Å². The highest BCUT2D eigenvalue weighted by Crippen LogP contribution is 2.66. The maximum absolute atomic E-state index is 12.5. The summed E-state index contributed by atoms with van der Waals surface area (Å²) in [5, 5.41) is 23.2. The molecule has 0 amide bonds. The average molecular weight is 411 g/mol. The number of hydrogen-bond donors (Lipinski definition) is 2. The van der Waals surface area contributed by atoms with Crippen molar-refractivity contribution in [1.29, 1.82) is 0 Å². The highest BCUT2D eigenvalue weighted by atomic mass is 16.5. The molecule has 162 valence electrons. The Hall–Kier alpha value is -1.30. The first-order chi connectivity index (χ1) is 14.6. The zero-order valence-corrected chi connectivity index (χ0v) is 17.9. The molecule has 2 N–H and O–H groups in total. The van der Waals surface area contributed by atoms with Gasteiger partial charge in [-0.1, -0.05) is 12.5 Å². The fourth-order valence-corrected chi connectivity index (χ4v) is 8.08. The molecule has 3 heterocycles. The second-order valence-electron chi connectivity index (χ2n) is 11.0. The summed E-state index contributed by atoms with van der Waals surface area (Å²) in [4.78, 5) is 5.26. The summed E-state index contributed by atoms with van der Waals surface area (Å²) in [5.74, 6) is 1.78. The molecule has 5 atom stereocenters. The Balaban J connectivity index is 1.37. The van der Waals surface area contributed by atoms with Crippen LogP contribution in [0.4, 0.5) is 0 Å². The van der Waals surface area contributed by atoms with Crippen LogP contribution in [0.5, 0.6) is 11.5 Å². The van der Waals surface area contributed by atoms with E-state index in [1.54, 1.807) is 0 Å². The van der Waals surface area contributed by atoms with Crippen LogP contribution in [0, 0.1) is 5.92 Å². The predicted octanol–water partition coefficient (Wildman–Crippen LogP) is 2.81. The third kappa shape index (κ3) is 2.19. The van der Waals surface area contributed by atoms with Crippen LogP contribution < -0.4 is 4.74 Å². The minimum absolute atomic E-state index is 0.0396. The smallest absolute Gasteiger partial charge is 0.165 e. The molecular formula is C25H34N2O3. The van der Waals surface area contributed by atoms with Crippen molar-refractivity contribution < 1.29 is 14.9 Å². The second-order valence-corrected chi connectivity index (χ2v) is 11.0. The number of rotatable bonds is 3. The van der Waals surface area contributed by atoms with Crippen LogP contribution in [-0.2, 0) is 11.8 Å². The minimum atomic E-state index is -0.747. The SMILES string of the molecule is Oc1ccc2c3c1O[C@@H]1[C@@H](N4CCCCC4)CC[C@]4(O)C(C2)N(CC2CC2)CC[C@@]314. The van der Waals surface area contributed by atoms with E-state index in [0.29, 0.717) is 11.8 Å². The lowest BCUT2D eigenvalue weighted by Gasteiger charge is -2.65. The number of nitrogens with zero attached hydrogens (tertiary/aromatic N) is 2. The first kappa shape index (κ1) is 18.3. The van der Waals surface area contributed by atoms with Gasteiger partial charge in [-0.15, -0.1) is 0 Å². The molecule has 2 saturated carbocycles. The van der Waals surface area contributed by atoms with E-state index in [4.69, 9.17) is 4.74 Å². The first-order valence-corrected chi connectivity index (χ1v) is 12.3. The molecule has 1 aromatic carbocycles. The normalized spacial score (nSPS) is 42.6. The number of aliphatic hydroxyl groups is 1. The standard InChI is InChI=1S/C25H34N2O3/c28-19-7-6-17-14-20-25(29)9-8-18(26-11-2-1-3-12-26)23-24(25,21(17)22(19)30-23)10-13-27(20)15-16-4-5-16/h6-7,16,18,20,23,28-29H,1-5,8-15H2/t18-,20?,23+,24+,25-/m0/s1. The lowest BCUT2D eigenvalue weighted by molar-refractivity contribution is -0.201. The fourth-order valence-electron chi connectivity index (χ4n) is 8.08. The Kier molecular flexibility index (Phi) is 3.74. The molecule has 1 aromatic rings. The van der Waals surface area contributed by atoms with Crippen molar-refractivity contribution in [3.05, 3.63) is 23.3 Å². The van der Waals surface area contributed by atoms with Crippen molar-refractivity contribution in [3.63, 3.8) is 0 Å². The van der Waals surface area contributed by atoms with Gasteiger partial charge in [-0.25, -0.2) is 0 Å². The van der Waals surface area contributed by atoms with Gasteiger partial charge in [0.15, 0.2) is 11.5 Å². The molecule has 5 heteroatoms. The highest BCUT2D eigenvalue weighted by Gasteiger charge is 2.73. The monoisotopic (exact) mass is 410 g/mol. The molecular weight excluding hydrogens is 376 g/mol. The molecule has 5 nitrogen and oxygen atoms in total. The topological polar surface area (TPSA) is 56.2 Å². The molecule has 2 bridgehead atoms. The van der Waals surface area contributed by atoms with E-state index < -0.39 is 5.60 Å². The molecule has 7 rings (SSSR count). The number of hydrogen-bond acceptors (Lipinski definition) is 5. The molecule has 6 aliphatic rings. The fraction of sp³-hybridized carbons (Fsp3) is 0.760. The zero-order valence-electron chi connectivity index (χ0n) is 17.9. The molecule has 4 fully saturated rings. The Morgan fingerprint density at radius 3 is 2.67 bits per heavy atom. The Labute approximate surface area is 179 Å². The number of aromatic hydroxyl groups is 1. The van der Waals surface area contributed by atoms with Gasteiger partial charge in [0.1, 0.15) is 6.10 Å². The van der Waals surface area contributed by atoms with Crippen LogP contribution in [0.2, 0.25) is 0 Å². The molecule has 2 saturated heterocycles. The van der Waals surface area contributed by atoms with Crippen molar-refractivity contribution in [3.8, 4) is 11.5 Å². The number of phenolic OH excluding ortho intramolecular Hbond substituents is 1. The number of phenols is 1. The minimum Gasteiger partial charge on any atom is -0.504 e. The van der Waals surface area contributed by atoms with Crippen molar-refractivity contribution in [2.24, 2.45) is 5.92 Å². The van der Waals surface area contributed by atoms with Crippen LogP contribution in [0.1, 0.15) is 62.5 Å². The van der Waals surface area contributed by atoms with Crippen molar-refractivity contribution in [1.82, 2.24) is 9.80 Å². The van der Waals surface area contributed by atoms with Crippen molar-refractivity contribution in [2.75, 3.05) is 26.2 Å². The van der Waals surface area contributed by atoms with Gasteiger partial charge in [0.25, 0.3) is 0 Å². The molecule has 3 aliphatic carbocycles. The van der Waals surface area contributed by atoms with E-state index >= 15 is 0 Å². The molecule has 3 aliphatic heterocycles. The van der Waals surface area contributed by atoms with Crippen LogP contribution in [0.15, 0.2) is 12.1 Å². The van der Waals surface area contributed by atoms with Gasteiger partial charge in [-0.2, -0.15) is 0 Å². The maximum Gasteiger partial charge on any atom is 0.165 e. The Morgan fingerprint density at radius 1 is 1.03 bits per heavy atom. The maximum atomic E-state index is 12.5. The van der Waals surface area contributed by atoms with Crippen molar-refractivity contribution in [2.45, 2.75) is 87.0 Å². The summed E-state index contributed by atoms with van der Waals surface area (Å²) >= 11 is 0. The van der Waals surface area contributed by atoms with Crippen LogP contribution >= 0.6 is 0 Å². The van der Waals surface area contributed by atoms with Crippen LogP contribution in [0.25, 0.3) is 0 Å². The summed E-state index contributed by atoms with van der Waals surface area (Å²) < 4.78 is 6.70. The van der Waals surface area contributed by atoms with Gasteiger partial charge >= 0.3 is 0 Å². The number of likely N-dealkylation sites (tertiary alicyclic amines) is 2. The van der Waals surface area contributed by atoms with E-state index in [1.807, 2.05) is 6.07 Å². The highest BCUT2D eigenvalue weighted by molar-refractivity contribution is 5.62. The van der Waals surface area contributed by atoms with Gasteiger partial charge in [-0.05, 0) is 88.5 Å². The summed E-state index contributed by atoms with van der Waals surface area (Å²) in [6, 6.07) is 4.46. The lowest BCUT2D eigenvalue weighted by atomic mass is 9.48. The molecule has 0 aromatic heterocycles. The summed E-state index contributed by atoms with van der Waals surface area (Å²) in [5.41, 5.74) is 1.36. The van der Waals surface area contributed by atoms with Gasteiger partial charge in [0.2, 0.25) is 0 Å². The number of piperidine rings is 2.